The van der Waals surface area contributed by atoms with Gasteiger partial charge in [0.1, 0.15) is 6.61 Å². The molecule has 0 aromatic rings. The third-order valence-corrected chi connectivity index (χ3v) is 2.30. The summed E-state index contributed by atoms with van der Waals surface area (Å²) in [5, 5.41) is 0. The second kappa shape index (κ2) is 2.91. The third kappa shape index (κ3) is 1.79. The van der Waals surface area contributed by atoms with Crippen LogP contribution in [0.1, 0.15) is 19.8 Å². The molecule has 2 N–H and O–H groups in total. The molecule has 1 rings (SSSR count). The van der Waals surface area contributed by atoms with Crippen LogP contribution in [0, 0.1) is 5.92 Å². The van der Waals surface area contributed by atoms with Gasteiger partial charge in [-0.15, -0.1) is 0 Å². The summed E-state index contributed by atoms with van der Waals surface area (Å²) in [6.45, 7) is 1.94. The minimum atomic E-state index is -0.643. The molecule has 1 fully saturated rings. The van der Waals surface area contributed by atoms with Gasteiger partial charge in [0.05, 0.1) is 5.54 Å². The number of methoxy groups -OCH3 is 1. The van der Waals surface area contributed by atoms with Crippen molar-refractivity contribution < 1.29 is 9.53 Å². The van der Waals surface area contributed by atoms with Crippen LogP contribution in [0.15, 0.2) is 0 Å². The molecule has 1 aliphatic carbocycles. The fraction of sp³-hybridized carbons (Fsp3) is 0.875. The van der Waals surface area contributed by atoms with Crippen molar-refractivity contribution in [3.8, 4) is 0 Å². The Morgan fingerprint density at radius 3 is 2.64 bits per heavy atom. The summed E-state index contributed by atoms with van der Waals surface area (Å²) >= 11 is 0. The molecule has 1 unspecified atom stereocenters. The van der Waals surface area contributed by atoms with Crippen LogP contribution in [0.5, 0.6) is 0 Å². The minimum Gasteiger partial charge on any atom is -0.377 e. The smallest absolute Gasteiger partial charge is 0.178 e. The molecule has 0 aromatic carbocycles. The summed E-state index contributed by atoms with van der Waals surface area (Å²) in [6, 6.07) is 0. The zero-order valence-electron chi connectivity index (χ0n) is 7.09. The number of carbonyl (C=O) groups excluding carboxylic acids is 1. The van der Waals surface area contributed by atoms with Gasteiger partial charge in [0.25, 0.3) is 0 Å². The first-order chi connectivity index (χ1) is 5.09. The first kappa shape index (κ1) is 8.68. The number of hydrogen-bond acceptors (Lipinski definition) is 3. The predicted molar refractivity (Wildman–Crippen MR) is 42.2 cm³/mol. The van der Waals surface area contributed by atoms with Gasteiger partial charge in [-0.3, -0.25) is 4.79 Å². The van der Waals surface area contributed by atoms with Crippen molar-refractivity contribution in [3.63, 3.8) is 0 Å². The Bertz CT molecular complexity index is 161. The standard InChI is InChI=1S/C8H15NO2/c1-8(9,6-3-4-6)7(10)5-11-2/h6H,3-5,9H2,1-2H3. The van der Waals surface area contributed by atoms with E-state index in [2.05, 4.69) is 0 Å². The summed E-state index contributed by atoms with van der Waals surface area (Å²) in [5.74, 6) is 0.410. The van der Waals surface area contributed by atoms with Gasteiger partial charge in [0.15, 0.2) is 5.78 Å². The highest BCUT2D eigenvalue weighted by molar-refractivity contribution is 5.89. The van der Waals surface area contributed by atoms with Crippen molar-refractivity contribution in [1.29, 1.82) is 0 Å². The van der Waals surface area contributed by atoms with Crippen molar-refractivity contribution in [1.82, 2.24) is 0 Å². The molecule has 0 amide bonds. The van der Waals surface area contributed by atoms with Crippen LogP contribution in [0.25, 0.3) is 0 Å². The van der Waals surface area contributed by atoms with E-state index in [9.17, 15) is 4.79 Å². The molecule has 3 heteroatoms. The highest BCUT2D eigenvalue weighted by Crippen LogP contribution is 2.38. The molecule has 0 saturated heterocycles. The van der Waals surface area contributed by atoms with Crippen LogP contribution >= 0.6 is 0 Å². The first-order valence-electron chi connectivity index (χ1n) is 3.90. The SMILES string of the molecule is COCC(=O)C(C)(N)C1CC1. The maximum absolute atomic E-state index is 11.3. The Hall–Kier alpha value is -0.410. The zero-order valence-corrected chi connectivity index (χ0v) is 7.09. The molecule has 64 valence electrons. The third-order valence-electron chi connectivity index (χ3n) is 2.30. The lowest BCUT2D eigenvalue weighted by Crippen LogP contribution is -2.48. The van der Waals surface area contributed by atoms with Gasteiger partial charge >= 0.3 is 0 Å². The number of Topliss-reactive ketones (excluding diaryl/α,β-unsaturated/α-hetero) is 1. The van der Waals surface area contributed by atoms with Gasteiger partial charge in [0, 0.05) is 7.11 Å². The molecule has 1 aliphatic rings. The van der Waals surface area contributed by atoms with E-state index in [-0.39, 0.29) is 12.4 Å². The number of ether oxygens (including phenoxy) is 1. The van der Waals surface area contributed by atoms with Crippen molar-refractivity contribution in [2.45, 2.75) is 25.3 Å². The van der Waals surface area contributed by atoms with Crippen LogP contribution in [0.2, 0.25) is 0 Å². The largest absolute Gasteiger partial charge is 0.377 e. The zero-order chi connectivity index (χ0) is 8.48. The van der Waals surface area contributed by atoms with Crippen LogP contribution < -0.4 is 5.73 Å². The van der Waals surface area contributed by atoms with Crippen LogP contribution in [0.3, 0.4) is 0 Å². The summed E-state index contributed by atoms with van der Waals surface area (Å²) < 4.78 is 4.74. The Balaban J connectivity index is 2.48. The summed E-state index contributed by atoms with van der Waals surface area (Å²) in [6.07, 6.45) is 2.17. The quantitative estimate of drug-likeness (QED) is 0.639. The number of nitrogens with two attached hydrogens (primary N) is 1. The lowest BCUT2D eigenvalue weighted by atomic mass is 9.92. The predicted octanol–water partition coefficient (Wildman–Crippen LogP) is 0.329. The second-order valence-electron chi connectivity index (χ2n) is 3.41. The van der Waals surface area contributed by atoms with E-state index < -0.39 is 5.54 Å². The molecular weight excluding hydrogens is 142 g/mol. The topological polar surface area (TPSA) is 52.3 Å². The maximum Gasteiger partial charge on any atom is 0.178 e. The molecule has 0 spiro atoms. The molecule has 11 heavy (non-hydrogen) atoms. The van der Waals surface area contributed by atoms with Gasteiger partial charge in [-0.1, -0.05) is 0 Å². The van der Waals surface area contributed by atoms with Gasteiger partial charge in [0.2, 0.25) is 0 Å². The average molecular weight is 157 g/mol. The van der Waals surface area contributed by atoms with Gasteiger partial charge < -0.3 is 10.5 Å². The molecule has 3 nitrogen and oxygen atoms in total. The number of ketones is 1. The Labute approximate surface area is 66.9 Å². The maximum atomic E-state index is 11.3. The molecule has 0 bridgehead atoms. The summed E-state index contributed by atoms with van der Waals surface area (Å²) in [5.41, 5.74) is 5.18. The molecule has 0 aliphatic heterocycles. The molecular formula is C8H15NO2. The van der Waals surface area contributed by atoms with Crippen molar-refractivity contribution in [3.05, 3.63) is 0 Å². The highest BCUT2D eigenvalue weighted by Gasteiger charge is 2.43. The molecule has 1 saturated carbocycles. The van der Waals surface area contributed by atoms with Crippen molar-refractivity contribution in [2.24, 2.45) is 11.7 Å². The van der Waals surface area contributed by atoms with E-state index in [1.807, 2.05) is 0 Å². The van der Waals surface area contributed by atoms with Crippen molar-refractivity contribution >= 4 is 5.78 Å². The van der Waals surface area contributed by atoms with E-state index >= 15 is 0 Å². The fourth-order valence-electron chi connectivity index (χ4n) is 1.20. The van der Waals surface area contributed by atoms with E-state index in [0.717, 1.165) is 12.8 Å². The number of carbonyl (C=O) groups is 1. The molecule has 0 aromatic heterocycles. The molecule has 0 radical (unpaired) electrons. The van der Waals surface area contributed by atoms with Crippen LogP contribution in [-0.4, -0.2) is 25.0 Å². The van der Waals surface area contributed by atoms with E-state index in [1.165, 1.54) is 7.11 Å². The van der Waals surface area contributed by atoms with Gasteiger partial charge in [-0.05, 0) is 25.7 Å². The average Bonchev–Trinajstić information content (AvgIpc) is 2.68. The van der Waals surface area contributed by atoms with Crippen LogP contribution in [-0.2, 0) is 9.53 Å². The monoisotopic (exact) mass is 157 g/mol. The van der Waals surface area contributed by atoms with E-state index in [1.54, 1.807) is 6.92 Å². The van der Waals surface area contributed by atoms with E-state index in [4.69, 9.17) is 10.5 Å². The summed E-state index contributed by atoms with van der Waals surface area (Å²) in [7, 11) is 1.51. The molecule has 0 heterocycles. The second-order valence-corrected chi connectivity index (χ2v) is 3.41. The molecule has 1 atom stereocenters. The Morgan fingerprint density at radius 2 is 2.27 bits per heavy atom. The lowest BCUT2D eigenvalue weighted by Gasteiger charge is -2.21. The first-order valence-corrected chi connectivity index (χ1v) is 3.90. The normalized spacial score (nSPS) is 22.8. The number of hydrogen-bond donors (Lipinski definition) is 1. The van der Waals surface area contributed by atoms with Gasteiger partial charge in [-0.2, -0.15) is 0 Å². The lowest BCUT2D eigenvalue weighted by molar-refractivity contribution is -0.128. The van der Waals surface area contributed by atoms with Crippen LogP contribution in [0.4, 0.5) is 0 Å². The van der Waals surface area contributed by atoms with E-state index in [0.29, 0.717) is 5.92 Å². The minimum absolute atomic E-state index is 0.0162. The highest BCUT2D eigenvalue weighted by atomic mass is 16.5. The summed E-state index contributed by atoms with van der Waals surface area (Å²) in [4.78, 5) is 11.3. The van der Waals surface area contributed by atoms with Gasteiger partial charge in [-0.25, -0.2) is 0 Å². The van der Waals surface area contributed by atoms with Crippen molar-refractivity contribution in [2.75, 3.05) is 13.7 Å². The Morgan fingerprint density at radius 1 is 1.73 bits per heavy atom. The number of rotatable bonds is 4. The fourth-order valence-corrected chi connectivity index (χ4v) is 1.20. The Kier molecular flexibility index (Phi) is 2.30.